The number of carbonyl (C=O) groups is 2. The van der Waals surface area contributed by atoms with E-state index in [2.05, 4.69) is 0 Å². The summed E-state index contributed by atoms with van der Waals surface area (Å²) in [4.78, 5) is 27.6. The minimum Gasteiger partial charge on any atom is -0.457 e. The number of thioether (sulfide) groups is 1. The van der Waals surface area contributed by atoms with Crippen LogP contribution in [0.15, 0.2) is 82.2 Å². The molecule has 4 rings (SSSR count). The topological polar surface area (TPSA) is 70.4 Å². The minimum absolute atomic E-state index is 0.00259. The Morgan fingerprint density at radius 3 is 2.53 bits per heavy atom. The predicted molar refractivity (Wildman–Crippen MR) is 117 cm³/mol. The van der Waals surface area contributed by atoms with Gasteiger partial charge in [0.2, 0.25) is 5.78 Å². The Morgan fingerprint density at radius 1 is 1.03 bits per heavy atom. The number of hydrogen-bond acceptors (Lipinski definition) is 6. The Bertz CT molecular complexity index is 1230. The zero-order valence-corrected chi connectivity index (χ0v) is 17.1. The Hall–Kier alpha value is -3.56. The molecule has 0 bridgehead atoms. The maximum absolute atomic E-state index is 12.6. The SMILES string of the molecule is CN1/C(=C(\C#N)C(=O)COC(=O)Cc2ccc3ccccc3c2)Sc2ccccc21. The lowest BCUT2D eigenvalue weighted by molar-refractivity contribution is -0.146. The third kappa shape index (κ3) is 3.93. The number of rotatable bonds is 5. The van der Waals surface area contributed by atoms with Gasteiger partial charge in [-0.15, -0.1) is 0 Å². The van der Waals surface area contributed by atoms with Crippen molar-refractivity contribution in [2.45, 2.75) is 11.3 Å². The fourth-order valence-corrected chi connectivity index (χ4v) is 4.50. The second kappa shape index (κ2) is 8.44. The number of Topliss-reactive ketones (excluding diaryl/α,β-unsaturated/α-hetero) is 1. The molecule has 5 nitrogen and oxygen atoms in total. The van der Waals surface area contributed by atoms with Crippen LogP contribution in [0.4, 0.5) is 5.69 Å². The standard InChI is InChI=1S/C24H18N2O3S/c1-26-20-8-4-5-9-22(20)30-24(26)19(14-25)21(27)15-29-23(28)13-16-10-11-17-6-2-3-7-18(17)12-16/h2-12H,13,15H2,1H3/b24-19-. The number of esters is 1. The van der Waals surface area contributed by atoms with Gasteiger partial charge < -0.3 is 9.64 Å². The molecular weight excluding hydrogens is 396 g/mol. The zero-order valence-electron chi connectivity index (χ0n) is 16.3. The van der Waals surface area contributed by atoms with Crippen molar-refractivity contribution in [3.63, 3.8) is 0 Å². The van der Waals surface area contributed by atoms with Crippen LogP contribution in [0.3, 0.4) is 0 Å². The number of carbonyl (C=O) groups excluding carboxylic acids is 2. The molecule has 0 saturated carbocycles. The van der Waals surface area contributed by atoms with Crippen molar-refractivity contribution in [3.8, 4) is 6.07 Å². The summed E-state index contributed by atoms with van der Waals surface area (Å²) in [6.45, 7) is -0.455. The van der Waals surface area contributed by atoms with Crippen LogP contribution in [0.2, 0.25) is 0 Å². The molecule has 0 N–H and O–H groups in total. The molecule has 0 spiro atoms. The van der Waals surface area contributed by atoms with Gasteiger partial charge in [0.25, 0.3) is 0 Å². The number of para-hydroxylation sites is 1. The maximum atomic E-state index is 12.6. The lowest BCUT2D eigenvalue weighted by Gasteiger charge is -2.14. The summed E-state index contributed by atoms with van der Waals surface area (Å²) in [6.07, 6.45) is 0.0661. The van der Waals surface area contributed by atoms with Crippen molar-refractivity contribution in [1.82, 2.24) is 0 Å². The lowest BCUT2D eigenvalue weighted by Crippen LogP contribution is -2.20. The summed E-state index contributed by atoms with van der Waals surface area (Å²) in [5.74, 6) is -1.01. The molecule has 0 fully saturated rings. The van der Waals surface area contributed by atoms with E-state index >= 15 is 0 Å². The van der Waals surface area contributed by atoms with E-state index in [4.69, 9.17) is 4.74 Å². The Kier molecular flexibility index (Phi) is 5.55. The third-order valence-corrected chi connectivity index (χ3v) is 6.11. The van der Waals surface area contributed by atoms with Crippen molar-refractivity contribution >= 4 is 40.0 Å². The molecule has 148 valence electrons. The second-order valence-electron chi connectivity index (χ2n) is 6.86. The Balaban J connectivity index is 1.42. The van der Waals surface area contributed by atoms with E-state index in [0.29, 0.717) is 5.03 Å². The predicted octanol–water partition coefficient (Wildman–Crippen LogP) is 4.47. The van der Waals surface area contributed by atoms with Crippen LogP contribution in [0.1, 0.15) is 5.56 Å². The van der Waals surface area contributed by atoms with E-state index in [1.165, 1.54) is 11.8 Å². The molecule has 0 amide bonds. The highest BCUT2D eigenvalue weighted by Gasteiger charge is 2.28. The van der Waals surface area contributed by atoms with E-state index in [1.54, 1.807) is 0 Å². The molecule has 1 aliphatic heterocycles. The third-order valence-electron chi connectivity index (χ3n) is 4.87. The molecule has 1 aliphatic rings. The average molecular weight is 414 g/mol. The summed E-state index contributed by atoms with van der Waals surface area (Å²) < 4.78 is 5.17. The molecule has 0 atom stereocenters. The first kappa shape index (κ1) is 19.7. The number of ether oxygens (including phenoxy) is 1. The molecule has 0 saturated heterocycles. The fourth-order valence-electron chi connectivity index (χ4n) is 3.34. The number of fused-ring (bicyclic) bond motifs is 2. The molecular formula is C24H18N2O3S. The highest BCUT2D eigenvalue weighted by atomic mass is 32.2. The van der Waals surface area contributed by atoms with Crippen LogP contribution in [-0.4, -0.2) is 25.4 Å². The van der Waals surface area contributed by atoms with Gasteiger partial charge in [-0.2, -0.15) is 5.26 Å². The molecule has 6 heteroatoms. The normalized spacial score (nSPS) is 14.2. The van der Waals surface area contributed by atoms with Crippen LogP contribution in [0.5, 0.6) is 0 Å². The van der Waals surface area contributed by atoms with E-state index in [1.807, 2.05) is 84.7 Å². The quantitative estimate of drug-likeness (QED) is 0.348. The summed E-state index contributed by atoms with van der Waals surface area (Å²) in [5, 5.41) is 12.2. The van der Waals surface area contributed by atoms with Gasteiger partial charge in [0, 0.05) is 11.9 Å². The zero-order chi connectivity index (χ0) is 21.1. The van der Waals surface area contributed by atoms with E-state index < -0.39 is 18.4 Å². The summed E-state index contributed by atoms with van der Waals surface area (Å²) in [7, 11) is 1.81. The number of ketones is 1. The largest absolute Gasteiger partial charge is 0.457 e. The van der Waals surface area contributed by atoms with Gasteiger partial charge in [0.15, 0.2) is 6.61 Å². The first-order valence-corrected chi connectivity index (χ1v) is 10.2. The van der Waals surface area contributed by atoms with Gasteiger partial charge in [-0.3, -0.25) is 9.59 Å². The smallest absolute Gasteiger partial charge is 0.310 e. The van der Waals surface area contributed by atoms with Crippen LogP contribution >= 0.6 is 11.8 Å². The van der Waals surface area contributed by atoms with Crippen LogP contribution in [-0.2, 0) is 20.7 Å². The van der Waals surface area contributed by atoms with E-state index in [9.17, 15) is 14.9 Å². The summed E-state index contributed by atoms with van der Waals surface area (Å²) in [5.41, 5.74) is 1.75. The highest BCUT2D eigenvalue weighted by Crippen LogP contribution is 2.46. The molecule has 1 heterocycles. The number of anilines is 1. The van der Waals surface area contributed by atoms with Gasteiger partial charge in [0.05, 0.1) is 12.1 Å². The van der Waals surface area contributed by atoms with Gasteiger partial charge in [-0.1, -0.05) is 66.4 Å². The summed E-state index contributed by atoms with van der Waals surface area (Å²) in [6, 6.07) is 23.3. The van der Waals surface area contributed by atoms with Gasteiger partial charge in [0.1, 0.15) is 16.7 Å². The first-order chi connectivity index (χ1) is 14.6. The van der Waals surface area contributed by atoms with Crippen LogP contribution in [0, 0.1) is 11.3 Å². The van der Waals surface area contributed by atoms with Crippen molar-refractivity contribution in [2.75, 3.05) is 18.6 Å². The Morgan fingerprint density at radius 2 is 1.77 bits per heavy atom. The molecule has 30 heavy (non-hydrogen) atoms. The van der Waals surface area contributed by atoms with E-state index in [0.717, 1.165) is 26.9 Å². The molecule has 0 aromatic heterocycles. The van der Waals surface area contributed by atoms with Crippen LogP contribution in [0.25, 0.3) is 10.8 Å². The monoisotopic (exact) mass is 414 g/mol. The second-order valence-corrected chi connectivity index (χ2v) is 7.89. The van der Waals surface area contributed by atoms with Gasteiger partial charge in [-0.25, -0.2) is 0 Å². The van der Waals surface area contributed by atoms with Gasteiger partial charge in [-0.05, 0) is 28.5 Å². The molecule has 0 unspecified atom stereocenters. The van der Waals surface area contributed by atoms with Crippen molar-refractivity contribution in [3.05, 3.63) is 82.9 Å². The van der Waals surface area contributed by atoms with Crippen molar-refractivity contribution in [1.29, 1.82) is 5.26 Å². The number of hydrogen-bond donors (Lipinski definition) is 0. The molecule has 0 aliphatic carbocycles. The molecule has 3 aromatic carbocycles. The first-order valence-electron chi connectivity index (χ1n) is 9.38. The van der Waals surface area contributed by atoms with E-state index in [-0.39, 0.29) is 12.0 Å². The van der Waals surface area contributed by atoms with Crippen molar-refractivity contribution in [2.24, 2.45) is 0 Å². The number of benzene rings is 3. The van der Waals surface area contributed by atoms with Crippen molar-refractivity contribution < 1.29 is 14.3 Å². The van der Waals surface area contributed by atoms with Crippen LogP contribution < -0.4 is 4.90 Å². The maximum Gasteiger partial charge on any atom is 0.310 e. The minimum atomic E-state index is -0.508. The van der Waals surface area contributed by atoms with Gasteiger partial charge >= 0.3 is 5.97 Å². The fraction of sp³-hybridized carbons (Fsp3) is 0.125. The average Bonchev–Trinajstić information content (AvgIpc) is 3.09. The number of nitriles is 1. The lowest BCUT2D eigenvalue weighted by atomic mass is 10.1. The highest BCUT2D eigenvalue weighted by molar-refractivity contribution is 8.03. The number of nitrogens with zero attached hydrogens (tertiary/aromatic N) is 2. The Labute approximate surface area is 178 Å². The molecule has 3 aromatic rings. The molecule has 0 radical (unpaired) electrons. The summed E-state index contributed by atoms with van der Waals surface area (Å²) >= 11 is 1.36.